The van der Waals surface area contributed by atoms with Gasteiger partial charge in [-0.2, -0.15) is 0 Å². The molecule has 0 spiro atoms. The Kier molecular flexibility index (Phi) is 4.26. The van der Waals surface area contributed by atoms with E-state index in [9.17, 15) is 4.79 Å². The first-order valence-corrected chi connectivity index (χ1v) is 9.01. The van der Waals surface area contributed by atoms with Crippen LogP contribution < -0.4 is 4.74 Å². The molecule has 0 heterocycles. The average molecular weight is 336 g/mol. The molecule has 1 atom stereocenters. The van der Waals surface area contributed by atoms with Crippen molar-refractivity contribution in [3.05, 3.63) is 54.6 Å². The van der Waals surface area contributed by atoms with Gasteiger partial charge >= 0.3 is 5.97 Å². The maximum atomic E-state index is 12.9. The lowest BCUT2D eigenvalue weighted by Crippen LogP contribution is -2.30. The van der Waals surface area contributed by atoms with Gasteiger partial charge in [-0.25, -0.2) is 0 Å². The molecule has 1 aliphatic carbocycles. The van der Waals surface area contributed by atoms with Crippen molar-refractivity contribution >= 4 is 5.97 Å². The van der Waals surface area contributed by atoms with Gasteiger partial charge in [-0.3, -0.25) is 4.79 Å². The quantitative estimate of drug-likeness (QED) is 0.497. The van der Waals surface area contributed by atoms with Gasteiger partial charge in [0, 0.05) is 0 Å². The van der Waals surface area contributed by atoms with Gasteiger partial charge in [0.2, 0.25) is 0 Å². The summed E-state index contributed by atoms with van der Waals surface area (Å²) in [5, 5.41) is 0. The van der Waals surface area contributed by atoms with Crippen molar-refractivity contribution in [2.75, 3.05) is 0 Å². The third-order valence-electron chi connectivity index (χ3n) is 5.31. The summed E-state index contributed by atoms with van der Waals surface area (Å²) in [6.45, 7) is 10.9. The minimum absolute atomic E-state index is 0.0152. The fourth-order valence-corrected chi connectivity index (χ4v) is 3.89. The van der Waals surface area contributed by atoms with Crippen LogP contribution in [0.4, 0.5) is 0 Å². The molecule has 2 aromatic carbocycles. The topological polar surface area (TPSA) is 26.3 Å². The molecule has 25 heavy (non-hydrogen) atoms. The Hall–Kier alpha value is -2.09. The first-order valence-electron chi connectivity index (χ1n) is 9.01. The highest BCUT2D eigenvalue weighted by molar-refractivity contribution is 5.84. The normalized spacial score (nSPS) is 21.6. The molecule has 1 saturated carbocycles. The van der Waals surface area contributed by atoms with Crippen LogP contribution >= 0.6 is 0 Å². The number of hydrogen-bond donors (Lipinski definition) is 0. The summed E-state index contributed by atoms with van der Waals surface area (Å²) in [5.74, 6) is 0.542. The number of benzene rings is 2. The van der Waals surface area contributed by atoms with Crippen LogP contribution in [0.1, 0.15) is 47.5 Å². The lowest BCUT2D eigenvalue weighted by molar-refractivity contribution is -0.143. The third kappa shape index (κ3) is 3.63. The van der Waals surface area contributed by atoms with Crippen LogP contribution in [0.15, 0.2) is 54.6 Å². The van der Waals surface area contributed by atoms with Crippen molar-refractivity contribution in [1.82, 2.24) is 0 Å². The Bertz CT molecular complexity index is 751. The van der Waals surface area contributed by atoms with Crippen molar-refractivity contribution < 1.29 is 9.53 Å². The Labute approximate surface area is 151 Å². The second-order valence-electron chi connectivity index (χ2n) is 9.16. The lowest BCUT2D eigenvalue weighted by Gasteiger charge is -2.27. The minimum atomic E-state index is -0.358. The minimum Gasteiger partial charge on any atom is -0.426 e. The van der Waals surface area contributed by atoms with Crippen molar-refractivity contribution in [3.8, 4) is 16.9 Å². The molecule has 0 saturated heterocycles. The van der Waals surface area contributed by atoms with E-state index in [1.165, 1.54) is 0 Å². The number of carbonyl (C=O) groups excluding carboxylic acids is 1. The molecule has 0 aliphatic heterocycles. The molecular formula is C23H28O2. The number of esters is 1. The van der Waals surface area contributed by atoms with Crippen LogP contribution in [0.3, 0.4) is 0 Å². The molecule has 0 aromatic heterocycles. The van der Waals surface area contributed by atoms with E-state index in [-0.39, 0.29) is 22.2 Å². The van der Waals surface area contributed by atoms with Crippen molar-refractivity contribution in [2.24, 2.45) is 16.2 Å². The van der Waals surface area contributed by atoms with Gasteiger partial charge in [-0.05, 0) is 46.9 Å². The maximum absolute atomic E-state index is 12.9. The Morgan fingerprint density at radius 2 is 1.48 bits per heavy atom. The monoisotopic (exact) mass is 336 g/mol. The highest BCUT2D eigenvalue weighted by atomic mass is 16.5. The van der Waals surface area contributed by atoms with E-state index < -0.39 is 0 Å². The first kappa shape index (κ1) is 17.7. The van der Waals surface area contributed by atoms with E-state index >= 15 is 0 Å². The first-order chi connectivity index (χ1) is 11.6. The molecule has 132 valence electrons. The SMILES string of the molecule is CC(C)(C)CC1(C(=O)Oc2ccc(-c3ccccc3)cc2)CC1(C)C. The number of hydrogen-bond acceptors (Lipinski definition) is 2. The molecule has 1 aliphatic rings. The fourth-order valence-electron chi connectivity index (χ4n) is 3.89. The van der Waals surface area contributed by atoms with E-state index in [4.69, 9.17) is 4.74 Å². The van der Waals surface area contributed by atoms with Crippen LogP contribution in [0.25, 0.3) is 11.1 Å². The second-order valence-corrected chi connectivity index (χ2v) is 9.16. The van der Waals surface area contributed by atoms with Crippen LogP contribution in [-0.4, -0.2) is 5.97 Å². The molecule has 0 radical (unpaired) electrons. The maximum Gasteiger partial charge on any atom is 0.318 e. The number of rotatable bonds is 4. The van der Waals surface area contributed by atoms with Gasteiger partial charge in [0.15, 0.2) is 0 Å². The summed E-state index contributed by atoms with van der Waals surface area (Å²) < 4.78 is 5.78. The molecular weight excluding hydrogens is 308 g/mol. The predicted molar refractivity (Wildman–Crippen MR) is 102 cm³/mol. The summed E-state index contributed by atoms with van der Waals surface area (Å²) in [7, 11) is 0. The standard InChI is InChI=1S/C23H28O2/c1-21(2,3)15-23(16-22(23,4)5)20(24)25-19-13-11-18(12-14-19)17-9-7-6-8-10-17/h6-14H,15-16H2,1-5H3. The summed E-state index contributed by atoms with van der Waals surface area (Å²) in [6, 6.07) is 18.0. The molecule has 1 unspecified atom stereocenters. The highest BCUT2D eigenvalue weighted by Gasteiger charge is 2.68. The smallest absolute Gasteiger partial charge is 0.318 e. The van der Waals surface area contributed by atoms with E-state index in [0.29, 0.717) is 5.75 Å². The van der Waals surface area contributed by atoms with Crippen LogP contribution in [-0.2, 0) is 4.79 Å². The zero-order chi connectivity index (χ0) is 18.3. The van der Waals surface area contributed by atoms with E-state index in [1.54, 1.807) is 0 Å². The van der Waals surface area contributed by atoms with Crippen LogP contribution in [0.5, 0.6) is 5.75 Å². The predicted octanol–water partition coefficient (Wildman–Crippen LogP) is 6.11. The average Bonchev–Trinajstić information content (AvgIpc) is 3.09. The van der Waals surface area contributed by atoms with Crippen molar-refractivity contribution in [3.63, 3.8) is 0 Å². The van der Waals surface area contributed by atoms with E-state index in [1.807, 2.05) is 42.5 Å². The summed E-state index contributed by atoms with van der Waals surface area (Å²) in [4.78, 5) is 12.9. The molecule has 2 nitrogen and oxygen atoms in total. The summed E-state index contributed by atoms with van der Waals surface area (Å²) >= 11 is 0. The Morgan fingerprint density at radius 1 is 0.960 bits per heavy atom. The van der Waals surface area contributed by atoms with Crippen molar-refractivity contribution in [2.45, 2.75) is 47.5 Å². The summed E-state index contributed by atoms with van der Waals surface area (Å²) in [5.41, 5.74) is 2.04. The van der Waals surface area contributed by atoms with Gasteiger partial charge in [0.25, 0.3) is 0 Å². The Morgan fingerprint density at radius 3 is 1.96 bits per heavy atom. The highest BCUT2D eigenvalue weighted by Crippen LogP contribution is 2.68. The van der Waals surface area contributed by atoms with Gasteiger partial charge in [-0.15, -0.1) is 0 Å². The molecule has 0 bridgehead atoms. The Balaban J connectivity index is 1.75. The second kappa shape index (κ2) is 6.01. The largest absolute Gasteiger partial charge is 0.426 e. The molecule has 1 fully saturated rings. The number of ether oxygens (including phenoxy) is 1. The third-order valence-corrected chi connectivity index (χ3v) is 5.31. The van der Waals surface area contributed by atoms with E-state index in [0.717, 1.165) is 24.0 Å². The number of carbonyl (C=O) groups is 1. The van der Waals surface area contributed by atoms with Gasteiger partial charge in [0.1, 0.15) is 5.75 Å². The van der Waals surface area contributed by atoms with Crippen molar-refractivity contribution in [1.29, 1.82) is 0 Å². The molecule has 0 N–H and O–H groups in total. The summed E-state index contributed by atoms with van der Waals surface area (Å²) in [6.07, 6.45) is 1.76. The van der Waals surface area contributed by atoms with Gasteiger partial charge in [0.05, 0.1) is 5.41 Å². The van der Waals surface area contributed by atoms with Crippen LogP contribution in [0.2, 0.25) is 0 Å². The molecule has 0 amide bonds. The molecule has 2 heteroatoms. The fraction of sp³-hybridized carbons (Fsp3) is 0.435. The zero-order valence-corrected chi connectivity index (χ0v) is 15.9. The molecule has 2 aromatic rings. The van der Waals surface area contributed by atoms with Gasteiger partial charge < -0.3 is 4.74 Å². The zero-order valence-electron chi connectivity index (χ0n) is 15.9. The lowest BCUT2D eigenvalue weighted by atomic mass is 9.79. The van der Waals surface area contributed by atoms with Crippen LogP contribution in [0, 0.1) is 16.2 Å². The molecule has 3 rings (SSSR count). The van der Waals surface area contributed by atoms with E-state index in [2.05, 4.69) is 46.8 Å². The van der Waals surface area contributed by atoms with Gasteiger partial charge in [-0.1, -0.05) is 77.1 Å².